The molecule has 2 aliphatic heterocycles. The van der Waals surface area contributed by atoms with Gasteiger partial charge in [0.05, 0.1) is 6.10 Å². The van der Waals surface area contributed by atoms with Gasteiger partial charge in [0.15, 0.2) is 10.7 Å². The number of carbonyl (C=O) groups is 1. The molecule has 2 fully saturated rings. The van der Waals surface area contributed by atoms with Crippen LogP contribution in [0.1, 0.15) is 49.7 Å². The van der Waals surface area contributed by atoms with Gasteiger partial charge in [0.25, 0.3) is 5.91 Å². The number of aliphatic imine (C=N–C) groups is 1. The molecule has 1 amide bonds. The van der Waals surface area contributed by atoms with Crippen LogP contribution >= 0.6 is 11.8 Å². The van der Waals surface area contributed by atoms with Crippen molar-refractivity contribution < 1.29 is 9.53 Å². The minimum Gasteiger partial charge on any atom is -0.381 e. The van der Waals surface area contributed by atoms with Crippen LogP contribution in [0.4, 0.5) is 5.69 Å². The summed E-state index contributed by atoms with van der Waals surface area (Å²) in [6, 6.07) is 6.85. The summed E-state index contributed by atoms with van der Waals surface area (Å²) >= 11 is 1.58. The maximum absolute atomic E-state index is 13.9. The number of hydrogen-bond donors (Lipinski definition) is 0. The first-order valence-electron chi connectivity index (χ1n) is 10.9. The van der Waals surface area contributed by atoms with E-state index in [1.54, 1.807) is 16.7 Å². The molecule has 2 spiro atoms. The van der Waals surface area contributed by atoms with Gasteiger partial charge in [-0.25, -0.2) is 4.99 Å². The molecule has 29 heavy (non-hydrogen) atoms. The maximum atomic E-state index is 13.9. The van der Waals surface area contributed by atoms with E-state index in [0.29, 0.717) is 6.10 Å². The molecule has 0 bridgehead atoms. The summed E-state index contributed by atoms with van der Waals surface area (Å²) < 4.78 is 5.66. The second-order valence-corrected chi connectivity index (χ2v) is 9.87. The van der Waals surface area contributed by atoms with E-state index >= 15 is 0 Å². The Bertz CT molecular complexity index is 856. The molecule has 0 N–H and O–H groups in total. The van der Waals surface area contributed by atoms with Gasteiger partial charge >= 0.3 is 0 Å². The Morgan fingerprint density at radius 1 is 1.21 bits per heavy atom. The molecule has 156 valence electrons. The Morgan fingerprint density at radius 2 is 1.93 bits per heavy atom. The number of nitrogens with zero attached hydrogens (tertiary/aromatic N) is 3. The van der Waals surface area contributed by atoms with Gasteiger partial charge in [-0.3, -0.25) is 9.69 Å². The SMILES string of the molecule is COC1CCC2(CC1)Cc1ccc(N3CCCC3)cc1C21N=C(SC)N(C)C1=O. The molecular formula is C23H31N3O2S. The zero-order valence-electron chi connectivity index (χ0n) is 17.7. The maximum Gasteiger partial charge on any atom is 0.261 e. The first kappa shape index (κ1) is 19.4. The number of thioether (sulfide) groups is 1. The summed E-state index contributed by atoms with van der Waals surface area (Å²) in [5.41, 5.74) is 2.85. The molecule has 6 heteroatoms. The van der Waals surface area contributed by atoms with Gasteiger partial charge < -0.3 is 9.64 Å². The van der Waals surface area contributed by atoms with Gasteiger partial charge in [-0.2, -0.15) is 0 Å². The zero-order chi connectivity index (χ0) is 20.2. The van der Waals surface area contributed by atoms with E-state index in [0.717, 1.165) is 50.4 Å². The van der Waals surface area contributed by atoms with Crippen LogP contribution in [0.3, 0.4) is 0 Å². The monoisotopic (exact) mass is 413 g/mol. The van der Waals surface area contributed by atoms with Crippen molar-refractivity contribution in [2.45, 2.75) is 56.6 Å². The predicted molar refractivity (Wildman–Crippen MR) is 119 cm³/mol. The fourth-order valence-electron chi connectivity index (χ4n) is 6.22. The van der Waals surface area contributed by atoms with Crippen LogP contribution in [0.2, 0.25) is 0 Å². The lowest BCUT2D eigenvalue weighted by atomic mass is 9.61. The van der Waals surface area contributed by atoms with Crippen LogP contribution in [-0.2, 0) is 21.5 Å². The van der Waals surface area contributed by atoms with E-state index in [4.69, 9.17) is 9.73 Å². The van der Waals surface area contributed by atoms with Crippen LogP contribution in [0.15, 0.2) is 23.2 Å². The highest BCUT2D eigenvalue weighted by molar-refractivity contribution is 8.13. The number of ether oxygens (including phenoxy) is 1. The number of likely N-dealkylation sites (N-methyl/N-ethyl adjacent to an activating group) is 1. The molecule has 5 nitrogen and oxygen atoms in total. The van der Waals surface area contributed by atoms with Gasteiger partial charge in [-0.1, -0.05) is 17.8 Å². The van der Waals surface area contributed by atoms with Gasteiger partial charge in [0.2, 0.25) is 0 Å². The van der Waals surface area contributed by atoms with Crippen molar-refractivity contribution in [2.75, 3.05) is 38.4 Å². The first-order valence-corrected chi connectivity index (χ1v) is 12.1. The van der Waals surface area contributed by atoms with Crippen molar-refractivity contribution >= 4 is 28.5 Å². The van der Waals surface area contributed by atoms with Crippen LogP contribution in [0.5, 0.6) is 0 Å². The third-order valence-corrected chi connectivity index (χ3v) is 8.55. The van der Waals surface area contributed by atoms with E-state index < -0.39 is 5.54 Å². The number of anilines is 1. The highest BCUT2D eigenvalue weighted by Gasteiger charge is 2.66. The number of methoxy groups -OCH3 is 1. The number of benzene rings is 1. The number of hydrogen-bond acceptors (Lipinski definition) is 5. The number of fused-ring (bicyclic) bond motifs is 3. The van der Waals surface area contributed by atoms with E-state index in [9.17, 15) is 4.79 Å². The fraction of sp³-hybridized carbons (Fsp3) is 0.652. The van der Waals surface area contributed by atoms with Crippen molar-refractivity contribution in [1.29, 1.82) is 0 Å². The van der Waals surface area contributed by atoms with Crippen LogP contribution < -0.4 is 4.90 Å². The van der Waals surface area contributed by atoms with Crippen LogP contribution in [0.25, 0.3) is 0 Å². The highest BCUT2D eigenvalue weighted by atomic mass is 32.2. The number of amidine groups is 1. The molecule has 2 heterocycles. The largest absolute Gasteiger partial charge is 0.381 e. The molecule has 1 atom stereocenters. The average molecular weight is 414 g/mol. The molecule has 1 unspecified atom stereocenters. The van der Waals surface area contributed by atoms with Crippen molar-refractivity contribution in [1.82, 2.24) is 4.90 Å². The van der Waals surface area contributed by atoms with Crippen LogP contribution in [0, 0.1) is 5.41 Å². The summed E-state index contributed by atoms with van der Waals surface area (Å²) in [7, 11) is 3.70. The third-order valence-electron chi connectivity index (χ3n) is 7.82. The van der Waals surface area contributed by atoms with Gasteiger partial charge in [-0.05, 0) is 74.5 Å². The molecule has 1 aromatic rings. The summed E-state index contributed by atoms with van der Waals surface area (Å²) in [5.74, 6) is 0.162. The zero-order valence-corrected chi connectivity index (χ0v) is 18.6. The number of amides is 1. The lowest BCUT2D eigenvalue weighted by Crippen LogP contribution is -2.51. The van der Waals surface area contributed by atoms with Crippen molar-refractivity contribution in [3.63, 3.8) is 0 Å². The van der Waals surface area contributed by atoms with Gasteiger partial charge in [-0.15, -0.1) is 0 Å². The molecule has 1 aromatic carbocycles. The third kappa shape index (κ3) is 2.64. The number of carbonyl (C=O) groups excluding carboxylic acids is 1. The molecular weight excluding hydrogens is 382 g/mol. The molecule has 2 aliphatic carbocycles. The standard InChI is InChI=1S/C23H31N3O2S/c1-25-20(27)23(24-21(25)29-3)19-14-17(26-12-4-5-13-26)7-6-16(19)15-22(23)10-8-18(28-2)9-11-22/h6-7,14,18H,4-5,8-13,15H2,1-3H3. The summed E-state index contributed by atoms with van der Waals surface area (Å²) in [4.78, 5) is 23.4. The lowest BCUT2D eigenvalue weighted by Gasteiger charge is -2.45. The number of rotatable bonds is 2. The van der Waals surface area contributed by atoms with E-state index in [-0.39, 0.29) is 11.3 Å². The summed E-state index contributed by atoms with van der Waals surface area (Å²) in [6.45, 7) is 2.22. The van der Waals surface area contributed by atoms with Gasteiger partial charge in [0.1, 0.15) is 0 Å². The van der Waals surface area contributed by atoms with Crippen LogP contribution in [-0.4, -0.2) is 55.6 Å². The first-order chi connectivity index (χ1) is 14.0. The second-order valence-electron chi connectivity index (χ2n) is 9.10. The molecule has 5 rings (SSSR count). The van der Waals surface area contributed by atoms with Crippen molar-refractivity contribution in [3.05, 3.63) is 29.3 Å². The van der Waals surface area contributed by atoms with Crippen molar-refractivity contribution in [3.8, 4) is 0 Å². The smallest absolute Gasteiger partial charge is 0.261 e. The molecule has 0 radical (unpaired) electrons. The predicted octanol–water partition coefficient (Wildman–Crippen LogP) is 3.80. The Hall–Kier alpha value is -1.53. The molecule has 1 saturated heterocycles. The minimum atomic E-state index is -0.760. The second kappa shape index (κ2) is 7.02. The quantitative estimate of drug-likeness (QED) is 0.740. The minimum absolute atomic E-state index is 0.128. The Labute approximate surface area is 177 Å². The van der Waals surface area contributed by atoms with Crippen molar-refractivity contribution in [2.24, 2.45) is 10.4 Å². The van der Waals surface area contributed by atoms with E-state index in [1.807, 2.05) is 20.4 Å². The Balaban J connectivity index is 1.65. The Morgan fingerprint density at radius 3 is 2.55 bits per heavy atom. The summed E-state index contributed by atoms with van der Waals surface area (Å²) in [5, 5.41) is 0.850. The Kier molecular flexibility index (Phi) is 4.70. The topological polar surface area (TPSA) is 45.1 Å². The average Bonchev–Trinajstić information content (AvgIpc) is 3.43. The molecule has 0 aromatic heterocycles. The van der Waals surface area contributed by atoms with Gasteiger partial charge in [0, 0.05) is 38.3 Å². The molecule has 1 saturated carbocycles. The van der Waals surface area contributed by atoms with E-state index in [2.05, 4.69) is 23.1 Å². The highest BCUT2D eigenvalue weighted by Crippen LogP contribution is 2.62. The summed E-state index contributed by atoms with van der Waals surface area (Å²) in [6.07, 6.45) is 9.77. The van der Waals surface area contributed by atoms with E-state index in [1.165, 1.54) is 29.7 Å². The lowest BCUT2D eigenvalue weighted by molar-refractivity contribution is -0.137. The normalized spacial score (nSPS) is 33.8. The molecule has 4 aliphatic rings. The fourth-order valence-corrected chi connectivity index (χ4v) is 6.81.